The Morgan fingerprint density at radius 3 is 2.35 bits per heavy atom. The molecular weight excluding hydrogens is 358 g/mol. The first kappa shape index (κ1) is 21.4. The summed E-state index contributed by atoms with van der Waals surface area (Å²) in [5.74, 6) is -0.694. The maximum absolute atomic E-state index is 11.7. The minimum absolute atomic E-state index is 0.0123. The van der Waals surface area contributed by atoms with Crippen molar-refractivity contribution in [3.63, 3.8) is 0 Å². The van der Waals surface area contributed by atoms with Gasteiger partial charge in [0.15, 0.2) is 11.7 Å². The molecule has 1 aromatic rings. The van der Waals surface area contributed by atoms with Gasteiger partial charge in [0.05, 0.1) is 12.2 Å². The molecule has 0 saturated carbocycles. The fraction of sp³-hybridized carbons (Fsp3) is 0.412. The van der Waals surface area contributed by atoms with Crippen LogP contribution in [0.5, 0.6) is 5.75 Å². The number of hydrazine groups is 1. The molecular formula is C17H23N3O5S. The van der Waals surface area contributed by atoms with Crippen LogP contribution in [0.3, 0.4) is 0 Å². The quantitative estimate of drug-likeness (QED) is 0.356. The molecule has 0 unspecified atom stereocenters. The topological polar surface area (TPSA) is 106 Å². The van der Waals surface area contributed by atoms with Crippen LogP contribution in [0, 0.1) is 0 Å². The summed E-state index contributed by atoms with van der Waals surface area (Å²) in [4.78, 5) is 34.7. The minimum Gasteiger partial charge on any atom is -0.484 e. The SMILES string of the molecule is CCCCC(=O)NC(=S)NNC(=O)COc1ccc(C(=O)OCC)cc1. The Morgan fingerprint density at radius 2 is 1.73 bits per heavy atom. The van der Waals surface area contributed by atoms with Gasteiger partial charge in [-0.25, -0.2) is 4.79 Å². The van der Waals surface area contributed by atoms with Gasteiger partial charge in [0.1, 0.15) is 5.75 Å². The van der Waals surface area contributed by atoms with Crippen LogP contribution in [0.1, 0.15) is 43.5 Å². The van der Waals surface area contributed by atoms with Gasteiger partial charge in [-0.3, -0.25) is 20.4 Å². The highest BCUT2D eigenvalue weighted by Gasteiger charge is 2.08. The third kappa shape index (κ3) is 8.43. The van der Waals surface area contributed by atoms with Crippen molar-refractivity contribution < 1.29 is 23.9 Å². The van der Waals surface area contributed by atoms with Gasteiger partial charge in [-0.05, 0) is 49.8 Å². The lowest BCUT2D eigenvalue weighted by Crippen LogP contribution is -2.49. The molecule has 1 aromatic carbocycles. The van der Waals surface area contributed by atoms with Crippen LogP contribution in [0.4, 0.5) is 0 Å². The number of esters is 1. The lowest BCUT2D eigenvalue weighted by Gasteiger charge is -2.11. The lowest BCUT2D eigenvalue weighted by molar-refractivity contribution is -0.124. The zero-order valence-electron chi connectivity index (χ0n) is 14.8. The van der Waals surface area contributed by atoms with E-state index in [0.29, 0.717) is 24.3 Å². The zero-order valence-corrected chi connectivity index (χ0v) is 15.6. The van der Waals surface area contributed by atoms with E-state index in [4.69, 9.17) is 21.7 Å². The molecule has 0 aromatic heterocycles. The first-order valence-electron chi connectivity index (χ1n) is 8.24. The predicted octanol–water partition coefficient (Wildman–Crippen LogP) is 1.45. The Hall–Kier alpha value is -2.68. The molecule has 1 rings (SSSR count). The van der Waals surface area contributed by atoms with E-state index in [2.05, 4.69) is 16.2 Å². The van der Waals surface area contributed by atoms with E-state index in [0.717, 1.165) is 12.8 Å². The Kier molecular flexibility index (Phi) is 9.70. The Morgan fingerprint density at radius 1 is 1.04 bits per heavy atom. The van der Waals surface area contributed by atoms with E-state index < -0.39 is 11.9 Å². The van der Waals surface area contributed by atoms with Gasteiger partial charge in [0, 0.05) is 6.42 Å². The monoisotopic (exact) mass is 381 g/mol. The van der Waals surface area contributed by atoms with E-state index in [9.17, 15) is 14.4 Å². The summed E-state index contributed by atoms with van der Waals surface area (Å²) in [6.07, 6.45) is 2.04. The van der Waals surface area contributed by atoms with Crippen LogP contribution in [-0.2, 0) is 14.3 Å². The minimum atomic E-state index is -0.482. The summed E-state index contributed by atoms with van der Waals surface area (Å²) in [5, 5.41) is 2.47. The molecule has 0 spiro atoms. The fourth-order valence-electron chi connectivity index (χ4n) is 1.77. The number of benzene rings is 1. The lowest BCUT2D eigenvalue weighted by atomic mass is 10.2. The van der Waals surface area contributed by atoms with Crippen LogP contribution in [0.15, 0.2) is 24.3 Å². The molecule has 0 atom stereocenters. The highest BCUT2D eigenvalue weighted by molar-refractivity contribution is 7.80. The van der Waals surface area contributed by atoms with Gasteiger partial charge in [0.25, 0.3) is 5.91 Å². The maximum atomic E-state index is 11.7. The van der Waals surface area contributed by atoms with Crippen molar-refractivity contribution in [2.45, 2.75) is 33.1 Å². The number of carbonyl (C=O) groups is 3. The van der Waals surface area contributed by atoms with E-state index in [1.165, 1.54) is 0 Å². The predicted molar refractivity (Wildman–Crippen MR) is 99.4 cm³/mol. The van der Waals surface area contributed by atoms with Crippen LogP contribution < -0.4 is 20.9 Å². The molecule has 0 heterocycles. The molecule has 142 valence electrons. The third-order valence-corrected chi connectivity index (χ3v) is 3.27. The van der Waals surface area contributed by atoms with Crippen LogP contribution >= 0.6 is 12.2 Å². The normalized spacial score (nSPS) is 9.77. The molecule has 9 heteroatoms. The molecule has 0 aliphatic rings. The number of amides is 2. The zero-order chi connectivity index (χ0) is 19.4. The third-order valence-electron chi connectivity index (χ3n) is 3.06. The Labute approximate surface area is 157 Å². The Bertz CT molecular complexity index is 634. The molecule has 0 fully saturated rings. The number of ether oxygens (including phenoxy) is 2. The fourth-order valence-corrected chi connectivity index (χ4v) is 1.94. The number of hydrogen-bond acceptors (Lipinski definition) is 6. The molecule has 0 radical (unpaired) electrons. The van der Waals surface area contributed by atoms with Crippen molar-refractivity contribution >= 4 is 35.1 Å². The molecule has 0 bridgehead atoms. The van der Waals surface area contributed by atoms with Crippen LogP contribution in [0.2, 0.25) is 0 Å². The number of thiocarbonyl (C=S) groups is 1. The highest BCUT2D eigenvalue weighted by Crippen LogP contribution is 2.12. The number of carbonyl (C=O) groups excluding carboxylic acids is 3. The second-order valence-electron chi connectivity index (χ2n) is 5.19. The van der Waals surface area contributed by atoms with Crippen molar-refractivity contribution in [2.75, 3.05) is 13.2 Å². The molecule has 0 saturated heterocycles. The van der Waals surface area contributed by atoms with E-state index in [1.807, 2.05) is 6.92 Å². The summed E-state index contributed by atoms with van der Waals surface area (Å²) in [6.45, 7) is 3.74. The van der Waals surface area contributed by atoms with Gasteiger partial charge < -0.3 is 14.8 Å². The maximum Gasteiger partial charge on any atom is 0.338 e. The number of nitrogens with one attached hydrogen (secondary N) is 3. The number of hydrogen-bond donors (Lipinski definition) is 3. The van der Waals surface area contributed by atoms with E-state index >= 15 is 0 Å². The molecule has 26 heavy (non-hydrogen) atoms. The van der Waals surface area contributed by atoms with Crippen LogP contribution in [0.25, 0.3) is 0 Å². The standard InChI is InChI=1S/C17H23N3O5S/c1-3-5-6-14(21)18-17(26)20-19-15(22)11-25-13-9-7-12(8-10-13)16(23)24-4-2/h7-10H,3-6,11H2,1-2H3,(H,19,22)(H2,18,20,21,26). The van der Waals surface area contributed by atoms with Crippen molar-refractivity contribution in [2.24, 2.45) is 0 Å². The summed E-state index contributed by atoms with van der Waals surface area (Å²) >= 11 is 4.89. The molecule has 2 amide bonds. The summed E-state index contributed by atoms with van der Waals surface area (Å²) in [6, 6.07) is 6.21. The highest BCUT2D eigenvalue weighted by atomic mass is 32.1. The van der Waals surface area contributed by atoms with Crippen molar-refractivity contribution in [3.8, 4) is 5.75 Å². The number of unbranched alkanes of at least 4 members (excludes halogenated alkanes) is 1. The van der Waals surface area contributed by atoms with Gasteiger partial charge in [-0.15, -0.1) is 0 Å². The van der Waals surface area contributed by atoms with Crippen molar-refractivity contribution in [3.05, 3.63) is 29.8 Å². The van der Waals surface area contributed by atoms with Gasteiger partial charge in [-0.2, -0.15) is 0 Å². The first-order chi connectivity index (χ1) is 12.5. The second-order valence-corrected chi connectivity index (χ2v) is 5.60. The summed E-state index contributed by atoms with van der Waals surface area (Å²) in [5.41, 5.74) is 5.14. The average Bonchev–Trinajstić information content (AvgIpc) is 2.63. The van der Waals surface area contributed by atoms with Crippen molar-refractivity contribution in [1.82, 2.24) is 16.2 Å². The second kappa shape index (κ2) is 11.8. The molecule has 0 aliphatic heterocycles. The van der Waals surface area contributed by atoms with E-state index in [1.54, 1.807) is 31.2 Å². The Balaban J connectivity index is 2.30. The van der Waals surface area contributed by atoms with E-state index in [-0.39, 0.29) is 17.6 Å². The molecule has 8 nitrogen and oxygen atoms in total. The number of rotatable bonds is 8. The summed E-state index contributed by atoms with van der Waals surface area (Å²) in [7, 11) is 0. The first-order valence-corrected chi connectivity index (χ1v) is 8.65. The van der Waals surface area contributed by atoms with Gasteiger partial charge >= 0.3 is 5.97 Å². The molecule has 0 aliphatic carbocycles. The van der Waals surface area contributed by atoms with Crippen molar-refractivity contribution in [1.29, 1.82) is 0 Å². The average molecular weight is 381 g/mol. The largest absolute Gasteiger partial charge is 0.484 e. The van der Waals surface area contributed by atoms with Gasteiger partial charge in [0.2, 0.25) is 5.91 Å². The molecule has 3 N–H and O–H groups in total. The van der Waals surface area contributed by atoms with Gasteiger partial charge in [-0.1, -0.05) is 13.3 Å². The smallest absolute Gasteiger partial charge is 0.338 e. The summed E-state index contributed by atoms with van der Waals surface area (Å²) < 4.78 is 10.2. The van der Waals surface area contributed by atoms with Crippen LogP contribution in [-0.4, -0.2) is 36.1 Å².